The molecule has 140 valence electrons. The second-order valence-electron chi connectivity index (χ2n) is 6.54. The minimum absolute atomic E-state index is 0.156. The number of nitrogens with two attached hydrogens (primary N) is 1. The predicted molar refractivity (Wildman–Crippen MR) is 109 cm³/mol. The molecule has 0 aliphatic carbocycles. The first kappa shape index (κ1) is 17.7. The van der Waals surface area contributed by atoms with Crippen molar-refractivity contribution in [2.24, 2.45) is 10.7 Å². The Bertz CT molecular complexity index is 1050. The number of fused-ring (bicyclic) bond motifs is 1. The summed E-state index contributed by atoms with van der Waals surface area (Å²) in [5.41, 5.74) is 8.61. The number of thiazole rings is 1. The van der Waals surface area contributed by atoms with Crippen molar-refractivity contribution in [3.63, 3.8) is 0 Å². The van der Waals surface area contributed by atoms with Gasteiger partial charge in [0.1, 0.15) is 11.4 Å². The monoisotopic (exact) mass is 383 g/mol. The molecule has 0 amide bonds. The summed E-state index contributed by atoms with van der Waals surface area (Å²) in [6.45, 7) is 3.37. The highest BCUT2D eigenvalue weighted by molar-refractivity contribution is 7.18. The van der Waals surface area contributed by atoms with E-state index in [2.05, 4.69) is 20.3 Å². The van der Waals surface area contributed by atoms with E-state index in [1.165, 1.54) is 0 Å². The summed E-state index contributed by atoms with van der Waals surface area (Å²) in [6, 6.07) is 7.67. The Kier molecular flexibility index (Phi) is 4.91. The molecule has 1 saturated heterocycles. The molecule has 4 N–H and O–H groups in total. The van der Waals surface area contributed by atoms with Crippen LogP contribution >= 0.6 is 11.3 Å². The third-order valence-electron chi connectivity index (χ3n) is 4.47. The summed E-state index contributed by atoms with van der Waals surface area (Å²) in [5.74, 6) is 0.177. The molecule has 8 heteroatoms. The summed E-state index contributed by atoms with van der Waals surface area (Å²) in [5, 5.41) is 4.38. The Morgan fingerprint density at radius 3 is 3.15 bits per heavy atom. The molecular weight excluding hydrogens is 362 g/mol. The maximum absolute atomic E-state index is 12.4. The molecule has 3 aromatic rings. The van der Waals surface area contributed by atoms with E-state index in [0.717, 1.165) is 34.7 Å². The molecular formula is C19H21N5O2S. The fourth-order valence-electron chi connectivity index (χ4n) is 3.22. The topological polar surface area (TPSA) is 105 Å². The van der Waals surface area contributed by atoms with Crippen molar-refractivity contribution in [3.05, 3.63) is 51.4 Å². The number of aromatic nitrogens is 2. The number of hydrogen-bond donors (Lipinski definition) is 3. The number of amidine groups is 1. The van der Waals surface area contributed by atoms with E-state index in [1.807, 2.05) is 31.2 Å². The number of nitrogens with zero attached hydrogens (tertiary/aromatic N) is 2. The van der Waals surface area contributed by atoms with Gasteiger partial charge in [0.25, 0.3) is 5.56 Å². The van der Waals surface area contributed by atoms with Crippen LogP contribution in [0.2, 0.25) is 0 Å². The summed E-state index contributed by atoms with van der Waals surface area (Å²) < 4.78 is 6.55. The van der Waals surface area contributed by atoms with Crippen molar-refractivity contribution in [2.45, 2.75) is 25.8 Å². The van der Waals surface area contributed by atoms with E-state index in [1.54, 1.807) is 17.5 Å². The first-order chi connectivity index (χ1) is 13.1. The third-order valence-corrected chi connectivity index (χ3v) is 5.40. The number of pyridine rings is 1. The van der Waals surface area contributed by atoms with Crippen LogP contribution in [0.25, 0.3) is 10.2 Å². The maximum atomic E-state index is 12.4. The van der Waals surface area contributed by atoms with Gasteiger partial charge >= 0.3 is 0 Å². The number of aromatic amines is 1. The molecule has 1 aromatic carbocycles. The summed E-state index contributed by atoms with van der Waals surface area (Å²) >= 11 is 1.60. The van der Waals surface area contributed by atoms with Crippen LogP contribution in [0.4, 0.5) is 11.4 Å². The molecule has 1 aliphatic rings. The first-order valence-electron chi connectivity index (χ1n) is 8.88. The number of H-pyrrole nitrogens is 1. The molecule has 1 atom stereocenters. The Morgan fingerprint density at radius 1 is 1.44 bits per heavy atom. The van der Waals surface area contributed by atoms with Crippen LogP contribution in [0.5, 0.6) is 0 Å². The van der Waals surface area contributed by atoms with Crippen LogP contribution in [0.15, 0.2) is 40.2 Å². The Morgan fingerprint density at radius 2 is 2.33 bits per heavy atom. The number of nitrogens with one attached hydrogen (secondary N) is 2. The average molecular weight is 383 g/mol. The fraction of sp³-hybridized carbons (Fsp3) is 0.316. The molecule has 1 unspecified atom stereocenters. The van der Waals surface area contributed by atoms with Gasteiger partial charge in [0.05, 0.1) is 33.2 Å². The summed E-state index contributed by atoms with van der Waals surface area (Å²) in [7, 11) is 0. The van der Waals surface area contributed by atoms with Crippen LogP contribution in [-0.4, -0.2) is 35.1 Å². The number of ether oxygens (including phenoxy) is 1. The quantitative estimate of drug-likeness (QED) is 0.474. The lowest BCUT2D eigenvalue weighted by Gasteiger charge is -2.25. The second kappa shape index (κ2) is 7.50. The molecule has 1 fully saturated rings. The number of anilines is 1. The Labute approximate surface area is 160 Å². The van der Waals surface area contributed by atoms with Gasteiger partial charge < -0.3 is 20.8 Å². The molecule has 0 spiro atoms. The lowest BCUT2D eigenvalue weighted by molar-refractivity contribution is 0.0876. The molecule has 7 nitrogen and oxygen atoms in total. The number of hydrogen-bond acceptors (Lipinski definition) is 6. The zero-order valence-corrected chi connectivity index (χ0v) is 15.8. The van der Waals surface area contributed by atoms with E-state index >= 15 is 0 Å². The number of benzene rings is 1. The standard InChI is InChI=1S/C19H21N5O2S/c1-11-22-14-5-4-12(9-16(14)27-11)24-18(20)17-15(6-7-21-19(17)25)23-13-3-2-8-26-10-13/h4-7,9,13H,2-3,8,10H2,1H3,(H2,20,24)(H2,21,23,25). The van der Waals surface area contributed by atoms with Crippen molar-refractivity contribution in [3.8, 4) is 0 Å². The number of rotatable bonds is 4. The third kappa shape index (κ3) is 3.86. The minimum Gasteiger partial charge on any atom is -0.383 e. The Balaban J connectivity index is 1.67. The van der Waals surface area contributed by atoms with E-state index in [9.17, 15) is 4.79 Å². The zero-order valence-electron chi connectivity index (χ0n) is 15.0. The van der Waals surface area contributed by atoms with Crippen LogP contribution in [0.3, 0.4) is 0 Å². The van der Waals surface area contributed by atoms with Crippen molar-refractivity contribution in [1.82, 2.24) is 9.97 Å². The van der Waals surface area contributed by atoms with Gasteiger partial charge in [-0.15, -0.1) is 11.3 Å². The van der Waals surface area contributed by atoms with Crippen molar-refractivity contribution < 1.29 is 4.74 Å². The largest absolute Gasteiger partial charge is 0.383 e. The highest BCUT2D eigenvalue weighted by atomic mass is 32.1. The predicted octanol–water partition coefficient (Wildman–Crippen LogP) is 2.92. The maximum Gasteiger partial charge on any atom is 0.261 e. The lowest BCUT2D eigenvalue weighted by Crippen LogP contribution is -2.33. The number of aryl methyl sites for hydroxylation is 1. The SMILES string of the molecule is Cc1nc2ccc(N=C(N)c3c(NC4CCCOC4)cc[nH]c3=O)cc2s1. The summed E-state index contributed by atoms with van der Waals surface area (Å²) in [6.07, 6.45) is 3.59. The molecule has 4 rings (SSSR count). The van der Waals surface area contributed by atoms with E-state index in [4.69, 9.17) is 10.5 Å². The second-order valence-corrected chi connectivity index (χ2v) is 7.77. The fourth-order valence-corrected chi connectivity index (χ4v) is 4.08. The van der Waals surface area contributed by atoms with Gasteiger partial charge in [-0.1, -0.05) is 0 Å². The van der Waals surface area contributed by atoms with Crippen LogP contribution in [-0.2, 0) is 4.74 Å². The molecule has 1 aliphatic heterocycles. The van der Waals surface area contributed by atoms with Crippen molar-refractivity contribution in [1.29, 1.82) is 0 Å². The van der Waals surface area contributed by atoms with Crippen LogP contribution in [0, 0.1) is 6.92 Å². The van der Waals surface area contributed by atoms with E-state index in [0.29, 0.717) is 23.5 Å². The van der Waals surface area contributed by atoms with Gasteiger partial charge in [-0.05, 0) is 44.0 Å². The molecule has 0 bridgehead atoms. The molecule has 2 aromatic heterocycles. The highest BCUT2D eigenvalue weighted by Gasteiger charge is 2.18. The first-order valence-corrected chi connectivity index (χ1v) is 9.69. The van der Waals surface area contributed by atoms with Crippen molar-refractivity contribution >= 4 is 38.8 Å². The van der Waals surface area contributed by atoms with Gasteiger partial charge in [-0.2, -0.15) is 0 Å². The van der Waals surface area contributed by atoms with Gasteiger partial charge in [0.15, 0.2) is 0 Å². The average Bonchev–Trinajstić information content (AvgIpc) is 3.02. The lowest BCUT2D eigenvalue weighted by atomic mass is 10.1. The van der Waals surface area contributed by atoms with Gasteiger partial charge in [0, 0.05) is 18.8 Å². The van der Waals surface area contributed by atoms with Gasteiger partial charge in [-0.25, -0.2) is 9.98 Å². The van der Waals surface area contributed by atoms with E-state index < -0.39 is 0 Å². The minimum atomic E-state index is -0.271. The van der Waals surface area contributed by atoms with Crippen LogP contribution < -0.4 is 16.6 Å². The number of aliphatic imine (C=N–C) groups is 1. The molecule has 3 heterocycles. The van der Waals surface area contributed by atoms with Crippen molar-refractivity contribution in [2.75, 3.05) is 18.5 Å². The molecule has 0 saturated carbocycles. The smallest absolute Gasteiger partial charge is 0.261 e. The van der Waals surface area contributed by atoms with Gasteiger partial charge in [-0.3, -0.25) is 4.79 Å². The highest BCUT2D eigenvalue weighted by Crippen LogP contribution is 2.26. The van der Waals surface area contributed by atoms with Gasteiger partial charge in [0.2, 0.25) is 0 Å². The normalized spacial score (nSPS) is 18.0. The van der Waals surface area contributed by atoms with Crippen LogP contribution in [0.1, 0.15) is 23.4 Å². The molecule has 0 radical (unpaired) electrons. The molecule has 27 heavy (non-hydrogen) atoms. The van der Waals surface area contributed by atoms with E-state index in [-0.39, 0.29) is 17.4 Å². The zero-order chi connectivity index (χ0) is 18.8. The Hall–Kier alpha value is -2.71. The summed E-state index contributed by atoms with van der Waals surface area (Å²) in [4.78, 5) is 24.0.